The van der Waals surface area contributed by atoms with Crippen LogP contribution in [0.5, 0.6) is 0 Å². The second-order valence-corrected chi connectivity index (χ2v) is 12.8. The first kappa shape index (κ1) is 23.3. The Morgan fingerprint density at radius 3 is 2.43 bits per heavy atom. The van der Waals surface area contributed by atoms with Crippen molar-refractivity contribution in [1.29, 1.82) is 0 Å². The smallest absolute Gasteiger partial charge is 0.305 e. The van der Waals surface area contributed by atoms with Crippen LogP contribution < -0.4 is 10.2 Å². The number of benzene rings is 2. The van der Waals surface area contributed by atoms with Crippen LogP contribution in [0, 0.1) is 29.6 Å². The molecule has 3 fully saturated rings. The van der Waals surface area contributed by atoms with Gasteiger partial charge in [0.15, 0.2) is 0 Å². The average Bonchev–Trinajstić information content (AvgIpc) is 3.61. The number of carbonyl (C=O) groups is 3. The molecule has 2 saturated carbocycles. The molecule has 2 aliphatic carbocycles. The average molecular weight is 552 g/mol. The number of para-hydroxylation sites is 1. The third-order valence-corrected chi connectivity index (χ3v) is 11.2. The second kappa shape index (κ2) is 8.58. The molecule has 1 aromatic heterocycles. The number of halogens is 1. The zero-order valence-electron chi connectivity index (χ0n) is 19.4. The third kappa shape index (κ3) is 3.55. The summed E-state index contributed by atoms with van der Waals surface area (Å²) in [6.45, 7) is -0.275. The van der Waals surface area contributed by atoms with E-state index in [1.54, 1.807) is 23.9 Å². The Labute approximate surface area is 225 Å². The van der Waals surface area contributed by atoms with Gasteiger partial charge >= 0.3 is 4.87 Å². The second-order valence-electron chi connectivity index (χ2n) is 10.2. The maximum atomic E-state index is 13.6. The van der Waals surface area contributed by atoms with Crippen molar-refractivity contribution in [1.82, 2.24) is 9.88 Å². The molecule has 2 N–H and O–H groups in total. The highest BCUT2D eigenvalue weighted by atomic mass is 35.5. The molecule has 1 saturated heterocycles. The van der Waals surface area contributed by atoms with E-state index in [1.165, 1.54) is 16.2 Å². The molecular weight excluding hydrogens is 530 g/mol. The van der Waals surface area contributed by atoms with E-state index in [1.807, 2.05) is 42.5 Å². The van der Waals surface area contributed by atoms with Crippen LogP contribution in [0.1, 0.15) is 22.8 Å². The van der Waals surface area contributed by atoms with Crippen molar-refractivity contribution in [3.8, 4) is 0 Å². The Morgan fingerprint density at radius 2 is 1.70 bits per heavy atom. The Balaban J connectivity index is 1.20. The monoisotopic (exact) mass is 551 g/mol. The largest absolute Gasteiger partial charge is 0.325 e. The molecule has 7 rings (SSSR count). The summed E-state index contributed by atoms with van der Waals surface area (Å²) in [5, 5.41) is 4.40. The van der Waals surface area contributed by atoms with Gasteiger partial charge in [0.05, 0.1) is 16.9 Å². The first-order valence-electron chi connectivity index (χ1n) is 12.3. The Morgan fingerprint density at radius 1 is 1.00 bits per heavy atom. The number of rotatable bonds is 4. The predicted molar refractivity (Wildman–Crippen MR) is 142 cm³/mol. The molecule has 7 nitrogen and oxygen atoms in total. The molecule has 10 heteroatoms. The summed E-state index contributed by atoms with van der Waals surface area (Å²) in [4.78, 5) is 57.3. The lowest BCUT2D eigenvalue weighted by Crippen LogP contribution is -2.42. The summed E-state index contributed by atoms with van der Waals surface area (Å²) in [6.07, 6.45) is 0.808. The molecule has 2 bridgehead atoms. The van der Waals surface area contributed by atoms with E-state index in [4.69, 9.17) is 11.6 Å². The van der Waals surface area contributed by atoms with Gasteiger partial charge in [-0.2, -0.15) is 0 Å². The quantitative estimate of drug-likeness (QED) is 0.473. The maximum Gasteiger partial charge on any atom is 0.305 e. The number of thiazole rings is 1. The van der Waals surface area contributed by atoms with Gasteiger partial charge in [-0.05, 0) is 54.0 Å². The van der Waals surface area contributed by atoms with E-state index < -0.39 is 11.8 Å². The summed E-state index contributed by atoms with van der Waals surface area (Å²) in [6, 6.07) is 16.7. The van der Waals surface area contributed by atoms with Crippen LogP contribution in [-0.2, 0) is 14.4 Å². The first-order chi connectivity index (χ1) is 17.9. The molecule has 188 valence electrons. The van der Waals surface area contributed by atoms with E-state index in [0.717, 1.165) is 21.9 Å². The van der Waals surface area contributed by atoms with Crippen molar-refractivity contribution < 1.29 is 14.4 Å². The maximum absolute atomic E-state index is 13.6. The van der Waals surface area contributed by atoms with Crippen LogP contribution >= 0.6 is 34.7 Å². The summed E-state index contributed by atoms with van der Waals surface area (Å²) < 4.78 is 0. The fourth-order valence-electron chi connectivity index (χ4n) is 7.14. The molecule has 37 heavy (non-hydrogen) atoms. The number of aromatic amines is 1. The number of H-pyrrole nitrogens is 1. The van der Waals surface area contributed by atoms with E-state index in [0.29, 0.717) is 10.7 Å². The Bertz CT molecular complexity index is 1490. The van der Waals surface area contributed by atoms with Crippen LogP contribution in [-0.4, -0.2) is 39.4 Å². The minimum Gasteiger partial charge on any atom is -0.325 e. The number of amides is 3. The van der Waals surface area contributed by atoms with Crippen molar-refractivity contribution in [3.05, 3.63) is 79.7 Å². The number of nitrogens with one attached hydrogen (secondary N) is 2. The standard InChI is InChI=1S/C27H22ClN3O4S2/c28-13-8-6-12(7-9-13)18-19-15-10-16(22(19)36-24-23(18)37-27(35)30-24)21-20(15)25(33)31(26(21)34)11-17(32)29-14-4-2-1-3-5-14/h1-9,15-16,18-22H,10-11H2,(H,29,32)(H,30,35). The zero-order valence-corrected chi connectivity index (χ0v) is 21.8. The van der Waals surface area contributed by atoms with E-state index in [2.05, 4.69) is 10.3 Å². The van der Waals surface area contributed by atoms with Gasteiger partial charge in [-0.25, -0.2) is 0 Å². The summed E-state index contributed by atoms with van der Waals surface area (Å²) in [7, 11) is 0. The van der Waals surface area contributed by atoms with Crippen LogP contribution in [0.3, 0.4) is 0 Å². The number of hydrogen-bond acceptors (Lipinski definition) is 6. The third-order valence-electron chi connectivity index (χ3n) is 8.40. The van der Waals surface area contributed by atoms with Crippen molar-refractivity contribution in [3.63, 3.8) is 0 Å². The van der Waals surface area contributed by atoms with Crippen LogP contribution in [0.4, 0.5) is 5.69 Å². The van der Waals surface area contributed by atoms with Gasteiger partial charge in [0.25, 0.3) is 0 Å². The van der Waals surface area contributed by atoms with Crippen LogP contribution in [0.2, 0.25) is 5.02 Å². The van der Waals surface area contributed by atoms with Gasteiger partial charge in [-0.3, -0.25) is 24.1 Å². The number of fused-ring (bicyclic) bond motifs is 9. The Kier molecular flexibility index (Phi) is 5.39. The van der Waals surface area contributed by atoms with E-state index >= 15 is 0 Å². The molecule has 2 aromatic carbocycles. The molecule has 0 spiro atoms. The molecule has 7 unspecified atom stereocenters. The molecule has 4 aliphatic rings. The summed E-state index contributed by atoms with van der Waals surface area (Å²) in [5.74, 6) is -1.58. The van der Waals surface area contributed by atoms with Crippen molar-refractivity contribution in [2.75, 3.05) is 11.9 Å². The number of carbonyl (C=O) groups excluding carboxylic acids is 3. The normalized spacial score (nSPS) is 31.3. The number of thioether (sulfide) groups is 1. The summed E-state index contributed by atoms with van der Waals surface area (Å²) in [5.41, 5.74) is 1.69. The Hall–Kier alpha value is -2.88. The molecule has 7 atom stereocenters. The number of imide groups is 1. The molecule has 2 aliphatic heterocycles. The molecule has 3 amide bonds. The number of aromatic nitrogens is 1. The lowest BCUT2D eigenvalue weighted by molar-refractivity contribution is -0.143. The van der Waals surface area contributed by atoms with Gasteiger partial charge in [-0.1, -0.05) is 53.3 Å². The number of nitrogens with zero attached hydrogens (tertiary/aromatic N) is 1. The molecule has 3 aromatic rings. The number of hydrogen-bond donors (Lipinski definition) is 2. The fourth-order valence-corrected chi connectivity index (χ4v) is 10.2. The van der Waals surface area contributed by atoms with Gasteiger partial charge in [0, 0.05) is 26.8 Å². The van der Waals surface area contributed by atoms with Gasteiger partial charge in [-0.15, -0.1) is 11.8 Å². The fraction of sp³-hybridized carbons (Fsp3) is 0.333. The van der Waals surface area contributed by atoms with Gasteiger partial charge in [0.2, 0.25) is 17.7 Å². The summed E-state index contributed by atoms with van der Waals surface area (Å²) >= 11 is 9.05. The van der Waals surface area contributed by atoms with E-state index in [9.17, 15) is 19.2 Å². The highest BCUT2D eigenvalue weighted by Crippen LogP contribution is 2.68. The van der Waals surface area contributed by atoms with E-state index in [-0.39, 0.29) is 58.1 Å². The predicted octanol–water partition coefficient (Wildman–Crippen LogP) is 4.20. The highest BCUT2D eigenvalue weighted by molar-refractivity contribution is 8.00. The van der Waals surface area contributed by atoms with Crippen LogP contribution in [0.15, 0.2) is 64.4 Å². The highest BCUT2D eigenvalue weighted by Gasteiger charge is 2.69. The topological polar surface area (TPSA) is 99.3 Å². The van der Waals surface area contributed by atoms with Crippen molar-refractivity contribution >= 4 is 58.1 Å². The van der Waals surface area contributed by atoms with Crippen molar-refractivity contribution in [2.45, 2.75) is 22.6 Å². The number of anilines is 1. The minimum absolute atomic E-state index is 0.0113. The van der Waals surface area contributed by atoms with Crippen molar-refractivity contribution in [2.24, 2.45) is 29.6 Å². The van der Waals surface area contributed by atoms with Gasteiger partial charge < -0.3 is 10.3 Å². The lowest BCUT2D eigenvalue weighted by atomic mass is 9.68. The lowest BCUT2D eigenvalue weighted by Gasteiger charge is -2.43. The zero-order chi connectivity index (χ0) is 25.4. The van der Waals surface area contributed by atoms with Crippen LogP contribution in [0.25, 0.3) is 0 Å². The SMILES string of the molecule is O=C(CN1C(=O)C2C3CC(C2C1=O)C1C(c2ccc(Cl)cc2)c2sc(=O)[nH]c2SC31)Nc1ccccc1. The molecule has 0 radical (unpaired) electrons. The number of likely N-dealkylation sites (tertiary alicyclic amines) is 1. The molecule has 3 heterocycles. The first-order valence-corrected chi connectivity index (χ1v) is 14.3. The minimum atomic E-state index is -0.420. The van der Waals surface area contributed by atoms with Gasteiger partial charge in [0.1, 0.15) is 6.54 Å². The molecular formula is C27H22ClN3O4S2.